The van der Waals surface area contributed by atoms with E-state index in [4.69, 9.17) is 11.6 Å². The number of hydrogen-bond donors (Lipinski definition) is 0. The second kappa shape index (κ2) is 8.59. The molecule has 1 aliphatic carbocycles. The Bertz CT molecular complexity index is 1010. The first kappa shape index (κ1) is 22.9. The molecule has 1 aromatic carbocycles. The van der Waals surface area contributed by atoms with E-state index in [2.05, 4.69) is 4.99 Å². The minimum Gasteiger partial charge on any atom is -0.316 e. The highest BCUT2D eigenvalue weighted by atomic mass is 35.5. The fourth-order valence-electron chi connectivity index (χ4n) is 4.54. The van der Waals surface area contributed by atoms with Crippen LogP contribution in [-0.2, 0) is 20.8 Å². The van der Waals surface area contributed by atoms with E-state index in [0.717, 1.165) is 43.2 Å². The van der Waals surface area contributed by atoms with Crippen LogP contribution in [-0.4, -0.2) is 42.3 Å². The molecule has 4 rings (SSSR count). The van der Waals surface area contributed by atoms with Crippen LogP contribution in [0.15, 0.2) is 23.2 Å². The molecule has 0 unspecified atom stereocenters. The number of benzene rings is 1. The Labute approximate surface area is 188 Å². The van der Waals surface area contributed by atoms with Crippen molar-refractivity contribution in [2.24, 2.45) is 10.9 Å². The van der Waals surface area contributed by atoms with Gasteiger partial charge in [-0.1, -0.05) is 49.0 Å². The van der Waals surface area contributed by atoms with Gasteiger partial charge in [0, 0.05) is 17.4 Å². The van der Waals surface area contributed by atoms with Crippen molar-refractivity contribution in [1.29, 1.82) is 0 Å². The van der Waals surface area contributed by atoms with E-state index in [1.807, 2.05) is 0 Å². The van der Waals surface area contributed by atoms with Crippen LogP contribution in [0.4, 0.5) is 18.9 Å². The standard InChI is InChI=1S/C20H22ClF3N2O3S2/c21-15-7-6-13(9-14(15)20(22,23)24)26-16-10-31(28,29)11-17(16)30-19(26)25-18(27)8-5-12-3-1-2-4-12/h6-7,9,12,16-17H,1-5,8,10-11H2/t16-,17-/m1/s1. The van der Waals surface area contributed by atoms with Gasteiger partial charge in [-0.2, -0.15) is 18.2 Å². The third kappa shape index (κ3) is 5.06. The summed E-state index contributed by atoms with van der Waals surface area (Å²) in [6.07, 6.45) is 0.941. The van der Waals surface area contributed by atoms with Crippen LogP contribution in [0.2, 0.25) is 5.02 Å². The summed E-state index contributed by atoms with van der Waals surface area (Å²) in [6.45, 7) is 0. The molecular weight excluding hydrogens is 473 g/mol. The van der Waals surface area contributed by atoms with Crippen LogP contribution < -0.4 is 4.90 Å². The Morgan fingerprint density at radius 2 is 1.94 bits per heavy atom. The maximum atomic E-state index is 13.4. The van der Waals surface area contributed by atoms with Gasteiger partial charge in [0.25, 0.3) is 0 Å². The smallest absolute Gasteiger partial charge is 0.316 e. The quantitative estimate of drug-likeness (QED) is 0.593. The largest absolute Gasteiger partial charge is 0.417 e. The molecule has 5 nitrogen and oxygen atoms in total. The van der Waals surface area contributed by atoms with Crippen LogP contribution in [0, 0.1) is 5.92 Å². The highest BCUT2D eigenvalue weighted by Gasteiger charge is 2.49. The van der Waals surface area contributed by atoms with E-state index >= 15 is 0 Å². The Kier molecular flexibility index (Phi) is 6.35. The zero-order valence-electron chi connectivity index (χ0n) is 16.6. The van der Waals surface area contributed by atoms with E-state index in [-0.39, 0.29) is 39.9 Å². The van der Waals surface area contributed by atoms with E-state index in [0.29, 0.717) is 5.92 Å². The Morgan fingerprint density at radius 1 is 1.23 bits per heavy atom. The van der Waals surface area contributed by atoms with Crippen molar-refractivity contribution in [3.63, 3.8) is 0 Å². The third-order valence-corrected chi connectivity index (χ3v) is 9.60. The molecule has 0 radical (unpaired) electrons. The number of amidine groups is 1. The number of carbonyl (C=O) groups is 1. The Hall–Kier alpha value is -1.26. The first-order chi connectivity index (χ1) is 14.5. The van der Waals surface area contributed by atoms with Crippen molar-refractivity contribution in [1.82, 2.24) is 0 Å². The summed E-state index contributed by atoms with van der Waals surface area (Å²) >= 11 is 6.90. The van der Waals surface area contributed by atoms with Gasteiger partial charge in [0.2, 0.25) is 5.91 Å². The van der Waals surface area contributed by atoms with Crippen molar-refractivity contribution < 1.29 is 26.4 Å². The summed E-state index contributed by atoms with van der Waals surface area (Å²) in [7, 11) is -3.32. The highest BCUT2D eigenvalue weighted by Crippen LogP contribution is 2.43. The zero-order valence-corrected chi connectivity index (χ0v) is 19.0. The minimum absolute atomic E-state index is 0.0894. The normalized spacial score (nSPS) is 27.2. The molecule has 2 aliphatic heterocycles. The van der Waals surface area contributed by atoms with Crippen LogP contribution in [0.3, 0.4) is 0 Å². The molecule has 2 saturated heterocycles. The van der Waals surface area contributed by atoms with E-state index < -0.39 is 32.6 Å². The summed E-state index contributed by atoms with van der Waals surface area (Å²) in [5.74, 6) is -0.0866. The van der Waals surface area contributed by atoms with Crippen LogP contribution >= 0.6 is 23.4 Å². The van der Waals surface area contributed by atoms with Crippen LogP contribution in [0.1, 0.15) is 44.1 Å². The van der Waals surface area contributed by atoms with Gasteiger partial charge in [-0.25, -0.2) is 8.42 Å². The topological polar surface area (TPSA) is 66.8 Å². The van der Waals surface area contributed by atoms with Crippen molar-refractivity contribution >= 4 is 50.0 Å². The summed E-state index contributed by atoms with van der Waals surface area (Å²) in [5, 5.41) is -0.557. The van der Waals surface area contributed by atoms with Gasteiger partial charge in [0.15, 0.2) is 15.0 Å². The van der Waals surface area contributed by atoms with Crippen molar-refractivity contribution in [3.8, 4) is 0 Å². The summed E-state index contributed by atoms with van der Waals surface area (Å²) in [5.41, 5.74) is -0.871. The maximum absolute atomic E-state index is 13.4. The molecule has 11 heteroatoms. The molecule has 0 aromatic heterocycles. The van der Waals surface area contributed by atoms with E-state index in [9.17, 15) is 26.4 Å². The highest BCUT2D eigenvalue weighted by molar-refractivity contribution is 8.16. The number of sulfone groups is 1. The molecule has 2 atom stereocenters. The van der Waals surface area contributed by atoms with Gasteiger partial charge in [0.1, 0.15) is 0 Å². The SMILES string of the molecule is O=C(CCC1CCCC1)N=C1S[C@@H]2CS(=O)(=O)C[C@H]2N1c1ccc(Cl)c(C(F)(F)F)c1. The number of halogens is 4. The summed E-state index contributed by atoms with van der Waals surface area (Å²) in [6, 6.07) is 2.87. The number of aliphatic imine (C=N–C) groups is 1. The molecule has 0 spiro atoms. The van der Waals surface area contributed by atoms with Gasteiger partial charge in [0.05, 0.1) is 28.1 Å². The average Bonchev–Trinajstić information content (AvgIpc) is 3.34. The Morgan fingerprint density at radius 3 is 2.61 bits per heavy atom. The van der Waals surface area contributed by atoms with Gasteiger partial charge >= 0.3 is 6.18 Å². The fraction of sp³-hybridized carbons (Fsp3) is 0.600. The lowest BCUT2D eigenvalue weighted by Crippen LogP contribution is -2.37. The van der Waals surface area contributed by atoms with Gasteiger partial charge < -0.3 is 4.90 Å². The first-order valence-corrected chi connectivity index (χ1v) is 13.3. The number of amides is 1. The van der Waals surface area contributed by atoms with Crippen LogP contribution in [0.5, 0.6) is 0 Å². The lowest BCUT2D eigenvalue weighted by atomic mass is 10.0. The molecule has 3 aliphatic rings. The summed E-state index contributed by atoms with van der Waals surface area (Å²) in [4.78, 5) is 18.2. The molecule has 1 saturated carbocycles. The average molecular weight is 495 g/mol. The second-order valence-corrected chi connectivity index (χ2v) is 12.1. The number of alkyl halides is 3. The van der Waals surface area contributed by atoms with Gasteiger partial charge in [-0.15, -0.1) is 0 Å². The molecule has 0 bridgehead atoms. The molecule has 2 heterocycles. The molecule has 0 N–H and O–H groups in total. The number of fused-ring (bicyclic) bond motifs is 1. The molecule has 1 aromatic rings. The minimum atomic E-state index is -4.66. The van der Waals surface area contributed by atoms with Crippen LogP contribution in [0.25, 0.3) is 0 Å². The monoisotopic (exact) mass is 494 g/mol. The lowest BCUT2D eigenvalue weighted by Gasteiger charge is -2.25. The maximum Gasteiger partial charge on any atom is 0.417 e. The second-order valence-electron chi connectivity index (χ2n) is 8.31. The molecule has 1 amide bonds. The zero-order chi connectivity index (χ0) is 22.4. The van der Waals surface area contributed by atoms with Crippen molar-refractivity contribution in [2.75, 3.05) is 16.4 Å². The lowest BCUT2D eigenvalue weighted by molar-refractivity contribution is -0.137. The predicted octanol–water partition coefficient (Wildman–Crippen LogP) is 4.93. The molecule has 170 valence electrons. The van der Waals surface area contributed by atoms with E-state index in [1.54, 1.807) is 0 Å². The first-order valence-electron chi connectivity index (χ1n) is 10.2. The summed E-state index contributed by atoms with van der Waals surface area (Å²) < 4.78 is 64.4. The fourth-order valence-corrected chi connectivity index (χ4v) is 8.69. The van der Waals surface area contributed by atoms with Crippen molar-refractivity contribution in [2.45, 2.75) is 56.0 Å². The third-order valence-electron chi connectivity index (χ3n) is 6.06. The number of anilines is 1. The van der Waals surface area contributed by atoms with Crippen molar-refractivity contribution in [3.05, 3.63) is 28.8 Å². The number of carbonyl (C=O) groups excluding carboxylic acids is 1. The Balaban J connectivity index is 1.63. The number of rotatable bonds is 4. The number of nitrogens with zero attached hydrogens (tertiary/aromatic N) is 2. The predicted molar refractivity (Wildman–Crippen MR) is 116 cm³/mol. The molecular formula is C20H22ClF3N2O3S2. The number of thioether (sulfide) groups is 1. The van der Waals surface area contributed by atoms with Gasteiger partial charge in [-0.05, 0) is 30.5 Å². The van der Waals surface area contributed by atoms with E-state index in [1.165, 1.54) is 23.8 Å². The molecule has 31 heavy (non-hydrogen) atoms. The van der Waals surface area contributed by atoms with Gasteiger partial charge in [-0.3, -0.25) is 4.79 Å². The molecule has 3 fully saturated rings. The number of hydrogen-bond acceptors (Lipinski definition) is 4.